The summed E-state index contributed by atoms with van der Waals surface area (Å²) in [5.74, 6) is 6.65. The maximum absolute atomic E-state index is 13.8. The van der Waals surface area contributed by atoms with Gasteiger partial charge in [-0.05, 0) is 70.6 Å². The van der Waals surface area contributed by atoms with E-state index in [4.69, 9.17) is 21.8 Å². The molecule has 0 spiro atoms. The van der Waals surface area contributed by atoms with Crippen molar-refractivity contribution < 1.29 is 9.22 Å². The second-order valence-corrected chi connectivity index (χ2v) is 16.4. The summed E-state index contributed by atoms with van der Waals surface area (Å²) in [7, 11) is 0.126. The number of anilines is 1. The van der Waals surface area contributed by atoms with Crippen molar-refractivity contribution in [3.05, 3.63) is 58.5 Å². The summed E-state index contributed by atoms with van der Waals surface area (Å²) in [5, 5.41) is 6.19. The largest absolute Gasteiger partial charge is 0.402 e. The highest BCUT2D eigenvalue weighted by molar-refractivity contribution is 6.69. The summed E-state index contributed by atoms with van der Waals surface area (Å²) in [6, 6.07) is 7.53. The molecule has 39 heavy (non-hydrogen) atoms. The van der Waals surface area contributed by atoms with E-state index in [1.54, 1.807) is 23.1 Å². The highest BCUT2D eigenvalue weighted by atomic mass is 35.5. The van der Waals surface area contributed by atoms with Gasteiger partial charge in [0.1, 0.15) is 11.4 Å². The Morgan fingerprint density at radius 2 is 1.97 bits per heavy atom. The zero-order chi connectivity index (χ0) is 28.1. The lowest BCUT2D eigenvalue weighted by Gasteiger charge is -2.28. The van der Waals surface area contributed by atoms with Crippen LogP contribution in [-0.4, -0.2) is 50.5 Å². The van der Waals surface area contributed by atoms with Crippen LogP contribution in [0.2, 0.25) is 24.7 Å². The van der Waals surface area contributed by atoms with E-state index in [0.29, 0.717) is 28.5 Å². The third-order valence-electron chi connectivity index (χ3n) is 6.50. The Hall–Kier alpha value is -3.45. The first kappa shape index (κ1) is 27.1. The minimum atomic E-state index is -1.72. The number of nitrogen functional groups attached to an aromatic ring is 1. The summed E-state index contributed by atoms with van der Waals surface area (Å²) >= 11 is 6.63. The number of halogens is 1. The lowest BCUT2D eigenvalue weighted by Crippen LogP contribution is -2.37. The number of fused-ring (bicyclic) bond motifs is 3. The molecule has 0 saturated heterocycles. The van der Waals surface area contributed by atoms with Gasteiger partial charge in [0.05, 0.1) is 45.4 Å². The number of aromatic nitrogens is 4. The van der Waals surface area contributed by atoms with Crippen LogP contribution in [0.3, 0.4) is 0 Å². The molecule has 0 atom stereocenters. The Bertz CT molecular complexity index is 1640. The monoisotopic (exact) mass is 560 g/mol. The van der Waals surface area contributed by atoms with Gasteiger partial charge in [0.25, 0.3) is 5.91 Å². The minimum absolute atomic E-state index is 0.132. The normalized spacial score (nSPS) is 13.9. The van der Waals surface area contributed by atoms with E-state index >= 15 is 0 Å². The molecule has 3 aromatic heterocycles. The van der Waals surface area contributed by atoms with Crippen molar-refractivity contribution in [3.8, 4) is 11.8 Å². The molecule has 2 N–H and O–H groups in total. The van der Waals surface area contributed by atoms with Crippen LogP contribution >= 0.6 is 11.6 Å². The molecule has 1 saturated carbocycles. The van der Waals surface area contributed by atoms with Gasteiger partial charge < -0.3 is 15.1 Å². The molecule has 0 bridgehead atoms. The van der Waals surface area contributed by atoms with Crippen molar-refractivity contribution in [1.82, 2.24) is 24.6 Å². The van der Waals surface area contributed by atoms with Gasteiger partial charge in [-0.15, -0.1) is 0 Å². The van der Waals surface area contributed by atoms with Crippen molar-refractivity contribution in [3.63, 3.8) is 0 Å². The Kier molecular flexibility index (Phi) is 6.91. The van der Waals surface area contributed by atoms with Crippen LogP contribution in [-0.2, 0) is 18.0 Å². The fraction of sp³-hybridized carbons (Fsp3) is 0.379. The number of pyridine rings is 2. The number of aryl methyl sites for hydroxylation is 1. The summed E-state index contributed by atoms with van der Waals surface area (Å²) in [6.45, 7) is 10.8. The van der Waals surface area contributed by atoms with Crippen LogP contribution in [0.5, 0.6) is 0 Å². The molecule has 202 valence electrons. The van der Waals surface area contributed by atoms with Gasteiger partial charge in [-0.3, -0.25) is 14.5 Å². The standard InChI is InChI=1S/C29H33ClN6O2Si/c1-29(2,38-39(4,5)6)12-11-18-7-8-19(32-15-18)17-36(20-9-10-20)28(37)21-13-22-25(14-24(21)30)34-27(31)23-16-33-35(3)26(22)23/h7-8,13-16,20H,9-10,17H2,1-6H3,(H2,31,34). The molecule has 1 aliphatic carbocycles. The molecular weight excluding hydrogens is 528 g/mol. The van der Waals surface area contributed by atoms with Crippen LogP contribution in [0.15, 0.2) is 36.7 Å². The summed E-state index contributed by atoms with van der Waals surface area (Å²) in [4.78, 5) is 24.8. The van der Waals surface area contributed by atoms with E-state index in [-0.39, 0.29) is 11.9 Å². The van der Waals surface area contributed by atoms with E-state index < -0.39 is 13.9 Å². The molecule has 1 amide bonds. The molecule has 0 unspecified atom stereocenters. The number of rotatable bonds is 6. The number of carbonyl (C=O) groups excluding carboxylic acids is 1. The Morgan fingerprint density at radius 3 is 2.62 bits per heavy atom. The lowest BCUT2D eigenvalue weighted by molar-refractivity contribution is 0.0728. The number of hydrogen-bond donors (Lipinski definition) is 1. The number of amides is 1. The number of benzene rings is 1. The molecular formula is C29H33ClN6O2Si. The average Bonchev–Trinajstić information content (AvgIpc) is 3.61. The minimum Gasteiger partial charge on any atom is -0.402 e. The van der Waals surface area contributed by atoms with E-state index in [0.717, 1.165) is 40.4 Å². The average molecular weight is 561 g/mol. The molecule has 4 aromatic rings. The van der Waals surface area contributed by atoms with Gasteiger partial charge in [0.2, 0.25) is 0 Å². The number of nitrogens with zero attached hydrogens (tertiary/aromatic N) is 5. The Balaban J connectivity index is 1.40. The number of nitrogens with two attached hydrogens (primary N) is 1. The van der Waals surface area contributed by atoms with Crippen molar-refractivity contribution in [2.75, 3.05) is 5.73 Å². The number of hydrogen-bond acceptors (Lipinski definition) is 6. The Morgan fingerprint density at radius 1 is 1.23 bits per heavy atom. The number of carbonyl (C=O) groups is 1. The summed E-state index contributed by atoms with van der Waals surface area (Å²) < 4.78 is 7.91. The molecule has 3 heterocycles. The zero-order valence-electron chi connectivity index (χ0n) is 23.2. The van der Waals surface area contributed by atoms with Gasteiger partial charge in [-0.25, -0.2) is 4.98 Å². The van der Waals surface area contributed by atoms with Crippen molar-refractivity contribution in [2.45, 2.75) is 64.5 Å². The smallest absolute Gasteiger partial charge is 0.255 e. The summed E-state index contributed by atoms with van der Waals surface area (Å²) in [5.41, 5.74) is 9.08. The van der Waals surface area contributed by atoms with Gasteiger partial charge in [0.15, 0.2) is 8.32 Å². The molecule has 1 aromatic carbocycles. The SMILES string of the molecule is Cn1ncc2c(N)nc3cc(Cl)c(C(=O)N(Cc4ccc(C#CC(C)(C)O[Si](C)(C)C)cn4)C4CC4)cc3c21. The van der Waals surface area contributed by atoms with Crippen LogP contribution in [0.4, 0.5) is 5.82 Å². The fourth-order valence-electron chi connectivity index (χ4n) is 4.83. The third kappa shape index (κ3) is 5.93. The molecule has 1 aliphatic rings. The second-order valence-electron chi connectivity index (χ2n) is 11.6. The predicted molar refractivity (Wildman–Crippen MR) is 158 cm³/mol. The van der Waals surface area contributed by atoms with E-state index in [1.807, 2.05) is 44.0 Å². The maximum atomic E-state index is 13.8. The molecule has 0 radical (unpaired) electrons. The van der Waals surface area contributed by atoms with Crippen molar-refractivity contribution in [2.24, 2.45) is 7.05 Å². The maximum Gasteiger partial charge on any atom is 0.255 e. The molecule has 1 fully saturated rings. The molecule has 0 aliphatic heterocycles. The van der Waals surface area contributed by atoms with Crippen LogP contribution < -0.4 is 5.73 Å². The highest BCUT2D eigenvalue weighted by Gasteiger charge is 2.34. The first-order chi connectivity index (χ1) is 18.3. The zero-order valence-corrected chi connectivity index (χ0v) is 24.9. The van der Waals surface area contributed by atoms with Gasteiger partial charge >= 0.3 is 0 Å². The van der Waals surface area contributed by atoms with Crippen LogP contribution in [0.1, 0.15) is 48.3 Å². The van der Waals surface area contributed by atoms with Crippen molar-refractivity contribution in [1.29, 1.82) is 0 Å². The summed E-state index contributed by atoms with van der Waals surface area (Å²) in [6.07, 6.45) is 5.35. The second kappa shape index (κ2) is 9.94. The highest BCUT2D eigenvalue weighted by Crippen LogP contribution is 2.35. The van der Waals surface area contributed by atoms with Gasteiger partial charge in [-0.2, -0.15) is 5.10 Å². The first-order valence-electron chi connectivity index (χ1n) is 13.0. The fourth-order valence-corrected chi connectivity index (χ4v) is 6.65. The molecule has 10 heteroatoms. The predicted octanol–water partition coefficient (Wildman–Crippen LogP) is 5.54. The van der Waals surface area contributed by atoms with Gasteiger partial charge in [0, 0.05) is 30.2 Å². The Labute approximate surface area is 234 Å². The third-order valence-corrected chi connectivity index (χ3v) is 7.94. The van der Waals surface area contributed by atoms with E-state index in [9.17, 15) is 4.79 Å². The quantitative estimate of drug-likeness (QED) is 0.245. The van der Waals surface area contributed by atoms with Crippen LogP contribution in [0, 0.1) is 11.8 Å². The van der Waals surface area contributed by atoms with E-state index in [1.165, 1.54) is 0 Å². The van der Waals surface area contributed by atoms with Gasteiger partial charge in [-0.1, -0.05) is 23.4 Å². The molecule has 8 nitrogen and oxygen atoms in total. The van der Waals surface area contributed by atoms with Crippen LogP contribution in [0.25, 0.3) is 21.8 Å². The lowest BCUT2D eigenvalue weighted by atomic mass is 10.1. The first-order valence-corrected chi connectivity index (χ1v) is 16.8. The topological polar surface area (TPSA) is 99.2 Å². The van der Waals surface area contributed by atoms with E-state index in [2.05, 4.69) is 46.5 Å². The van der Waals surface area contributed by atoms with Crippen molar-refractivity contribution >= 4 is 53.4 Å². The molecule has 5 rings (SSSR count).